The number of nitrogens with zero attached hydrogens (tertiary/aromatic N) is 5. The van der Waals surface area contributed by atoms with E-state index in [0.717, 1.165) is 35.6 Å². The average molecular weight is 282 g/mol. The lowest BCUT2D eigenvalue weighted by molar-refractivity contribution is 0.762. The van der Waals surface area contributed by atoms with Gasteiger partial charge in [-0.05, 0) is 19.2 Å². The second-order valence-electron chi connectivity index (χ2n) is 4.85. The van der Waals surface area contributed by atoms with E-state index in [4.69, 9.17) is 0 Å². The molecule has 0 atom stereocenters. The monoisotopic (exact) mass is 282 g/mol. The van der Waals surface area contributed by atoms with E-state index in [0.29, 0.717) is 0 Å². The lowest BCUT2D eigenvalue weighted by atomic mass is 10.3. The van der Waals surface area contributed by atoms with Gasteiger partial charge in [-0.15, -0.1) is 0 Å². The molecule has 0 aliphatic carbocycles. The van der Waals surface area contributed by atoms with Crippen LogP contribution in [-0.2, 0) is 0 Å². The Morgan fingerprint density at radius 2 is 2.00 bits per heavy atom. The quantitative estimate of drug-likeness (QED) is 0.768. The van der Waals surface area contributed by atoms with E-state index < -0.39 is 0 Å². The molecule has 0 fully saturated rings. The molecule has 0 saturated heterocycles. The molecular weight excluding hydrogens is 264 g/mol. The molecule has 3 aromatic rings. The van der Waals surface area contributed by atoms with Crippen LogP contribution in [-0.4, -0.2) is 46.9 Å². The predicted molar refractivity (Wildman–Crippen MR) is 83.9 cm³/mol. The molecule has 21 heavy (non-hydrogen) atoms. The summed E-state index contributed by atoms with van der Waals surface area (Å²) in [4.78, 5) is 10.9. The zero-order chi connectivity index (χ0) is 14.7. The molecule has 6 nitrogen and oxygen atoms in total. The number of likely N-dealkylation sites (N-methyl/N-ethyl adjacent to an activating group) is 2. The summed E-state index contributed by atoms with van der Waals surface area (Å²) < 4.78 is 1.84. The Balaban J connectivity index is 2.04. The summed E-state index contributed by atoms with van der Waals surface area (Å²) >= 11 is 0. The van der Waals surface area contributed by atoms with Crippen molar-refractivity contribution in [2.75, 3.05) is 32.1 Å². The van der Waals surface area contributed by atoms with Crippen molar-refractivity contribution in [3.63, 3.8) is 0 Å². The molecule has 3 rings (SSSR count). The normalized spacial score (nSPS) is 11.0. The van der Waals surface area contributed by atoms with Crippen LogP contribution in [0.5, 0.6) is 0 Å². The molecule has 0 aliphatic rings. The SMILES string of the molecule is CNCCN(C)c1ncnc2c1cnn2-c1ccccc1. The third-order valence-corrected chi connectivity index (χ3v) is 3.40. The lowest BCUT2D eigenvalue weighted by Crippen LogP contribution is -2.27. The molecule has 108 valence electrons. The van der Waals surface area contributed by atoms with Gasteiger partial charge in [-0.3, -0.25) is 0 Å². The number of hydrogen-bond acceptors (Lipinski definition) is 5. The minimum absolute atomic E-state index is 0.822. The van der Waals surface area contributed by atoms with Crippen LogP contribution < -0.4 is 10.2 Å². The molecule has 0 radical (unpaired) electrons. The van der Waals surface area contributed by atoms with Crippen LogP contribution >= 0.6 is 0 Å². The predicted octanol–water partition coefficient (Wildman–Crippen LogP) is 1.47. The Morgan fingerprint density at radius 1 is 1.19 bits per heavy atom. The Kier molecular flexibility index (Phi) is 3.79. The number of fused-ring (bicyclic) bond motifs is 1. The van der Waals surface area contributed by atoms with Gasteiger partial charge in [0.1, 0.15) is 12.1 Å². The number of aromatic nitrogens is 4. The molecule has 2 aromatic heterocycles. The minimum Gasteiger partial charge on any atom is -0.358 e. The van der Waals surface area contributed by atoms with Crippen molar-refractivity contribution in [3.8, 4) is 5.69 Å². The van der Waals surface area contributed by atoms with Crippen LogP contribution in [0.15, 0.2) is 42.9 Å². The fourth-order valence-electron chi connectivity index (χ4n) is 2.28. The highest BCUT2D eigenvalue weighted by atomic mass is 15.3. The van der Waals surface area contributed by atoms with Crippen molar-refractivity contribution in [1.82, 2.24) is 25.1 Å². The molecule has 0 unspecified atom stereocenters. The van der Waals surface area contributed by atoms with Crippen molar-refractivity contribution in [2.45, 2.75) is 0 Å². The first-order valence-corrected chi connectivity index (χ1v) is 6.91. The van der Waals surface area contributed by atoms with Gasteiger partial charge in [0.25, 0.3) is 0 Å². The van der Waals surface area contributed by atoms with Gasteiger partial charge in [0.2, 0.25) is 0 Å². The van der Waals surface area contributed by atoms with Crippen molar-refractivity contribution in [2.24, 2.45) is 0 Å². The molecule has 1 aromatic carbocycles. The van der Waals surface area contributed by atoms with Gasteiger partial charge in [0.05, 0.1) is 17.3 Å². The van der Waals surface area contributed by atoms with Crippen LogP contribution in [0.25, 0.3) is 16.7 Å². The summed E-state index contributed by atoms with van der Waals surface area (Å²) in [6.07, 6.45) is 3.42. The molecule has 6 heteroatoms. The van der Waals surface area contributed by atoms with Crippen LogP contribution in [0.2, 0.25) is 0 Å². The van der Waals surface area contributed by atoms with E-state index in [2.05, 4.69) is 25.3 Å². The number of anilines is 1. The topological polar surface area (TPSA) is 58.9 Å². The van der Waals surface area contributed by atoms with Crippen LogP contribution in [0.4, 0.5) is 5.82 Å². The third kappa shape index (κ3) is 2.57. The summed E-state index contributed by atoms with van der Waals surface area (Å²) in [5.74, 6) is 0.900. The second kappa shape index (κ2) is 5.88. The maximum absolute atomic E-state index is 4.46. The van der Waals surface area contributed by atoms with E-state index in [1.165, 1.54) is 0 Å². The molecule has 2 heterocycles. The van der Waals surface area contributed by atoms with Crippen LogP contribution in [0, 0.1) is 0 Å². The summed E-state index contributed by atoms with van der Waals surface area (Å²) in [6.45, 7) is 1.77. The first-order chi connectivity index (χ1) is 10.3. The van der Waals surface area contributed by atoms with Crippen molar-refractivity contribution in [1.29, 1.82) is 0 Å². The van der Waals surface area contributed by atoms with Gasteiger partial charge in [0.15, 0.2) is 5.65 Å². The summed E-state index contributed by atoms with van der Waals surface area (Å²) in [6, 6.07) is 9.99. The van der Waals surface area contributed by atoms with E-state index in [1.807, 2.05) is 55.3 Å². The highest BCUT2D eigenvalue weighted by molar-refractivity contribution is 5.87. The van der Waals surface area contributed by atoms with Crippen LogP contribution in [0.1, 0.15) is 0 Å². The van der Waals surface area contributed by atoms with E-state index in [1.54, 1.807) is 6.33 Å². The Hall–Kier alpha value is -2.47. The zero-order valence-electron chi connectivity index (χ0n) is 12.2. The Labute approximate surface area is 123 Å². The Bertz CT molecular complexity index is 721. The lowest BCUT2D eigenvalue weighted by Gasteiger charge is -2.18. The van der Waals surface area contributed by atoms with Gasteiger partial charge in [0, 0.05) is 20.1 Å². The molecule has 0 amide bonds. The van der Waals surface area contributed by atoms with E-state index in [9.17, 15) is 0 Å². The standard InChI is InChI=1S/C15H18N6/c1-16-8-9-20(2)14-13-10-19-21(15(13)18-11-17-14)12-6-4-3-5-7-12/h3-7,10-11,16H,8-9H2,1-2H3. The maximum Gasteiger partial charge on any atom is 0.168 e. The first-order valence-electron chi connectivity index (χ1n) is 6.91. The minimum atomic E-state index is 0.822. The fraction of sp³-hybridized carbons (Fsp3) is 0.267. The smallest absolute Gasteiger partial charge is 0.168 e. The maximum atomic E-state index is 4.46. The molecule has 0 spiro atoms. The number of rotatable bonds is 5. The van der Waals surface area contributed by atoms with Gasteiger partial charge in [-0.2, -0.15) is 5.10 Å². The van der Waals surface area contributed by atoms with Crippen LogP contribution in [0.3, 0.4) is 0 Å². The van der Waals surface area contributed by atoms with Crippen molar-refractivity contribution >= 4 is 16.9 Å². The second-order valence-corrected chi connectivity index (χ2v) is 4.85. The summed E-state index contributed by atoms with van der Waals surface area (Å²) in [5, 5.41) is 8.56. The fourth-order valence-corrected chi connectivity index (χ4v) is 2.28. The third-order valence-electron chi connectivity index (χ3n) is 3.40. The highest BCUT2D eigenvalue weighted by Crippen LogP contribution is 2.23. The van der Waals surface area contributed by atoms with Crippen molar-refractivity contribution in [3.05, 3.63) is 42.9 Å². The van der Waals surface area contributed by atoms with Gasteiger partial charge in [-0.25, -0.2) is 14.6 Å². The number of benzene rings is 1. The summed E-state index contributed by atoms with van der Waals surface area (Å²) in [5.41, 5.74) is 1.82. The number of para-hydroxylation sites is 1. The molecule has 0 aliphatic heterocycles. The van der Waals surface area contributed by atoms with Crippen molar-refractivity contribution < 1.29 is 0 Å². The highest BCUT2D eigenvalue weighted by Gasteiger charge is 2.13. The first kappa shape index (κ1) is 13.5. The van der Waals surface area contributed by atoms with Gasteiger partial charge >= 0.3 is 0 Å². The largest absolute Gasteiger partial charge is 0.358 e. The number of nitrogens with one attached hydrogen (secondary N) is 1. The molecular formula is C15H18N6. The Morgan fingerprint density at radius 3 is 2.76 bits per heavy atom. The van der Waals surface area contributed by atoms with E-state index in [-0.39, 0.29) is 0 Å². The van der Waals surface area contributed by atoms with Gasteiger partial charge in [-0.1, -0.05) is 18.2 Å². The van der Waals surface area contributed by atoms with E-state index >= 15 is 0 Å². The molecule has 0 saturated carbocycles. The number of hydrogen-bond donors (Lipinski definition) is 1. The zero-order valence-corrected chi connectivity index (χ0v) is 12.2. The average Bonchev–Trinajstić information content (AvgIpc) is 2.97. The molecule has 1 N–H and O–H groups in total. The molecule has 0 bridgehead atoms. The van der Waals surface area contributed by atoms with Gasteiger partial charge < -0.3 is 10.2 Å². The summed E-state index contributed by atoms with van der Waals surface area (Å²) in [7, 11) is 3.97.